The van der Waals surface area contributed by atoms with Gasteiger partial charge in [-0.25, -0.2) is 8.78 Å². The second kappa shape index (κ2) is 7.50. The lowest BCUT2D eigenvalue weighted by molar-refractivity contribution is -0.135. The van der Waals surface area contributed by atoms with Crippen molar-refractivity contribution in [3.8, 4) is 0 Å². The van der Waals surface area contributed by atoms with Gasteiger partial charge < -0.3 is 10.1 Å². The number of hydrogen-bond acceptors (Lipinski definition) is 2. The van der Waals surface area contributed by atoms with Crippen LogP contribution in [-0.4, -0.2) is 18.6 Å². The van der Waals surface area contributed by atoms with Crippen LogP contribution in [0.25, 0.3) is 0 Å². The molecule has 116 valence electrons. The van der Waals surface area contributed by atoms with Crippen molar-refractivity contribution in [2.24, 2.45) is 5.92 Å². The first-order valence-electron chi connectivity index (χ1n) is 7.42. The summed E-state index contributed by atoms with van der Waals surface area (Å²) in [5.74, 6) is -0.910. The Morgan fingerprint density at radius 3 is 2.52 bits per heavy atom. The van der Waals surface area contributed by atoms with Crippen LogP contribution in [0.4, 0.5) is 8.78 Å². The number of ether oxygens (including phenoxy) is 1. The molecule has 0 radical (unpaired) electrons. The highest BCUT2D eigenvalue weighted by molar-refractivity contribution is 5.80. The topological polar surface area (TPSA) is 38.3 Å². The second-order valence-electron chi connectivity index (χ2n) is 5.50. The molecule has 2 rings (SSSR count). The Labute approximate surface area is 123 Å². The molecule has 0 bridgehead atoms. The molecule has 1 atom stereocenters. The smallest absolute Gasteiger partial charge is 0.249 e. The standard InChI is InChI=1S/C16H21F2NO2/c1-2-19-16(20)15(8-11-4-3-5-11)21-10-12-6-13(17)9-14(18)7-12/h6-7,9,11,15H,2-5,8,10H2,1H3,(H,19,20). The number of benzene rings is 1. The van der Waals surface area contributed by atoms with Gasteiger partial charge in [-0.05, 0) is 37.0 Å². The largest absolute Gasteiger partial charge is 0.364 e. The molecule has 1 saturated carbocycles. The van der Waals surface area contributed by atoms with Crippen molar-refractivity contribution in [2.45, 2.75) is 45.3 Å². The van der Waals surface area contributed by atoms with E-state index in [0.717, 1.165) is 18.9 Å². The monoisotopic (exact) mass is 297 g/mol. The predicted molar refractivity (Wildman–Crippen MR) is 75.6 cm³/mol. The fraction of sp³-hybridized carbons (Fsp3) is 0.562. The molecule has 1 fully saturated rings. The predicted octanol–water partition coefficient (Wildman–Crippen LogP) is 3.18. The van der Waals surface area contributed by atoms with Crippen LogP contribution in [0.15, 0.2) is 18.2 Å². The number of hydrogen-bond donors (Lipinski definition) is 1. The number of amides is 1. The second-order valence-corrected chi connectivity index (χ2v) is 5.50. The summed E-state index contributed by atoms with van der Waals surface area (Å²) >= 11 is 0. The van der Waals surface area contributed by atoms with Crippen LogP contribution < -0.4 is 5.32 Å². The fourth-order valence-corrected chi connectivity index (χ4v) is 2.46. The van der Waals surface area contributed by atoms with Crippen LogP contribution in [0.2, 0.25) is 0 Å². The zero-order valence-corrected chi connectivity index (χ0v) is 12.2. The molecule has 0 heterocycles. The Hall–Kier alpha value is -1.49. The van der Waals surface area contributed by atoms with Gasteiger partial charge in [-0.15, -0.1) is 0 Å². The zero-order chi connectivity index (χ0) is 15.2. The van der Waals surface area contributed by atoms with Crippen LogP contribution in [-0.2, 0) is 16.1 Å². The summed E-state index contributed by atoms with van der Waals surface area (Å²) in [5, 5.41) is 2.75. The minimum absolute atomic E-state index is 0.0310. The average molecular weight is 297 g/mol. The molecule has 21 heavy (non-hydrogen) atoms. The highest BCUT2D eigenvalue weighted by Gasteiger charge is 2.27. The van der Waals surface area contributed by atoms with Crippen LogP contribution in [0.3, 0.4) is 0 Å². The number of rotatable bonds is 7. The lowest BCUT2D eigenvalue weighted by Crippen LogP contribution is -2.38. The highest BCUT2D eigenvalue weighted by Crippen LogP contribution is 2.31. The Balaban J connectivity index is 1.94. The molecule has 0 aromatic heterocycles. The Kier molecular flexibility index (Phi) is 5.67. The van der Waals surface area contributed by atoms with Gasteiger partial charge in [-0.1, -0.05) is 19.3 Å². The van der Waals surface area contributed by atoms with Gasteiger partial charge in [-0.3, -0.25) is 4.79 Å². The van der Waals surface area contributed by atoms with Gasteiger partial charge in [0.2, 0.25) is 5.91 Å². The minimum Gasteiger partial charge on any atom is -0.364 e. The molecular weight excluding hydrogens is 276 g/mol. The molecule has 1 aliphatic carbocycles. The maximum atomic E-state index is 13.1. The first kappa shape index (κ1) is 15.9. The molecule has 1 unspecified atom stereocenters. The molecule has 5 heteroatoms. The third-order valence-electron chi connectivity index (χ3n) is 3.79. The number of carbonyl (C=O) groups excluding carboxylic acids is 1. The van der Waals surface area contributed by atoms with Crippen molar-refractivity contribution in [1.82, 2.24) is 5.32 Å². The first-order chi connectivity index (χ1) is 10.1. The summed E-state index contributed by atoms with van der Waals surface area (Å²) in [6, 6.07) is 3.27. The molecule has 0 spiro atoms. The van der Waals surface area contributed by atoms with Crippen molar-refractivity contribution in [2.75, 3.05) is 6.54 Å². The van der Waals surface area contributed by atoms with E-state index < -0.39 is 17.7 Å². The lowest BCUT2D eigenvalue weighted by atomic mass is 9.81. The van der Waals surface area contributed by atoms with Crippen molar-refractivity contribution in [1.29, 1.82) is 0 Å². The van der Waals surface area contributed by atoms with Crippen molar-refractivity contribution in [3.05, 3.63) is 35.4 Å². The van der Waals surface area contributed by atoms with Gasteiger partial charge in [-0.2, -0.15) is 0 Å². The van der Waals surface area contributed by atoms with Crippen molar-refractivity contribution in [3.63, 3.8) is 0 Å². The van der Waals surface area contributed by atoms with Gasteiger partial charge >= 0.3 is 0 Å². The van der Waals surface area contributed by atoms with Crippen LogP contribution >= 0.6 is 0 Å². The number of halogens is 2. The third kappa shape index (κ3) is 4.77. The number of nitrogens with one attached hydrogen (secondary N) is 1. The van der Waals surface area contributed by atoms with Crippen LogP contribution in [0.5, 0.6) is 0 Å². The van der Waals surface area contributed by atoms with E-state index in [1.165, 1.54) is 18.6 Å². The third-order valence-corrected chi connectivity index (χ3v) is 3.79. The molecule has 1 aromatic rings. The molecule has 0 aliphatic heterocycles. The minimum atomic E-state index is -0.637. The maximum absolute atomic E-state index is 13.1. The molecule has 1 aliphatic rings. The number of carbonyl (C=O) groups is 1. The van der Waals surface area contributed by atoms with Gasteiger partial charge in [0.05, 0.1) is 6.61 Å². The van der Waals surface area contributed by atoms with Crippen LogP contribution in [0, 0.1) is 17.6 Å². The molecule has 1 amide bonds. The van der Waals surface area contributed by atoms with Gasteiger partial charge in [0.15, 0.2) is 0 Å². The van der Waals surface area contributed by atoms with E-state index in [-0.39, 0.29) is 12.5 Å². The van der Waals surface area contributed by atoms with E-state index in [1.54, 1.807) is 0 Å². The molecular formula is C16H21F2NO2. The lowest BCUT2D eigenvalue weighted by Gasteiger charge is -2.29. The Bertz CT molecular complexity index is 469. The van der Waals surface area contributed by atoms with Gasteiger partial charge in [0.25, 0.3) is 0 Å². The molecule has 1 N–H and O–H groups in total. The molecule has 3 nitrogen and oxygen atoms in total. The van der Waals surface area contributed by atoms with Gasteiger partial charge in [0.1, 0.15) is 17.7 Å². The number of likely N-dealkylation sites (N-methyl/N-ethyl adjacent to an activating group) is 1. The van der Waals surface area contributed by atoms with E-state index in [0.29, 0.717) is 24.4 Å². The summed E-state index contributed by atoms with van der Waals surface area (Å²) in [7, 11) is 0. The Morgan fingerprint density at radius 2 is 2.00 bits per heavy atom. The fourth-order valence-electron chi connectivity index (χ4n) is 2.46. The van der Waals surface area contributed by atoms with Crippen LogP contribution in [0.1, 0.15) is 38.2 Å². The van der Waals surface area contributed by atoms with E-state index >= 15 is 0 Å². The summed E-state index contributed by atoms with van der Waals surface area (Å²) in [6.07, 6.45) is 3.55. The Morgan fingerprint density at radius 1 is 1.33 bits per heavy atom. The maximum Gasteiger partial charge on any atom is 0.249 e. The zero-order valence-electron chi connectivity index (χ0n) is 12.2. The van der Waals surface area contributed by atoms with Crippen molar-refractivity contribution < 1.29 is 18.3 Å². The summed E-state index contributed by atoms with van der Waals surface area (Å²) in [6.45, 7) is 2.42. The van der Waals surface area contributed by atoms with E-state index in [2.05, 4.69) is 5.32 Å². The quantitative estimate of drug-likeness (QED) is 0.839. The average Bonchev–Trinajstić information content (AvgIpc) is 2.35. The van der Waals surface area contributed by atoms with E-state index in [9.17, 15) is 13.6 Å². The SMILES string of the molecule is CCNC(=O)C(CC1CCC1)OCc1cc(F)cc(F)c1. The van der Waals surface area contributed by atoms with Gasteiger partial charge in [0, 0.05) is 12.6 Å². The normalized spacial score (nSPS) is 16.3. The summed E-state index contributed by atoms with van der Waals surface area (Å²) in [5.41, 5.74) is 0.399. The molecule has 1 aromatic carbocycles. The highest BCUT2D eigenvalue weighted by atomic mass is 19.1. The van der Waals surface area contributed by atoms with Crippen molar-refractivity contribution >= 4 is 5.91 Å². The molecule has 0 saturated heterocycles. The first-order valence-corrected chi connectivity index (χ1v) is 7.42. The summed E-state index contributed by atoms with van der Waals surface area (Å²) in [4.78, 5) is 12.0. The summed E-state index contributed by atoms with van der Waals surface area (Å²) < 4.78 is 31.9. The van der Waals surface area contributed by atoms with E-state index in [1.807, 2.05) is 6.92 Å². The van der Waals surface area contributed by atoms with E-state index in [4.69, 9.17) is 4.74 Å².